The number of hydrogen-bond acceptors (Lipinski definition) is 4. The molecule has 1 amide bonds. The van der Waals surface area contributed by atoms with Crippen LogP contribution < -0.4 is 10.9 Å². The van der Waals surface area contributed by atoms with Gasteiger partial charge in [0.2, 0.25) is 0 Å². The molecular weight excluding hydrogens is 316 g/mol. The zero-order chi connectivity index (χ0) is 16.4. The minimum absolute atomic E-state index is 0.0454. The number of hydrazine groups is 1. The van der Waals surface area contributed by atoms with Crippen molar-refractivity contribution >= 4 is 34.0 Å². The Labute approximate surface area is 137 Å². The van der Waals surface area contributed by atoms with Gasteiger partial charge in [-0.15, -0.1) is 0 Å². The van der Waals surface area contributed by atoms with Crippen LogP contribution in [0, 0.1) is 0 Å². The highest BCUT2D eigenvalue weighted by Gasteiger charge is 2.13. The summed E-state index contributed by atoms with van der Waals surface area (Å²) in [5, 5.41) is 21.5. The Morgan fingerprint density at radius 2 is 1.70 bits per heavy atom. The molecule has 0 aromatic heterocycles. The number of rotatable bonds is 3. The first-order chi connectivity index (χ1) is 11.0. The van der Waals surface area contributed by atoms with E-state index in [1.165, 1.54) is 18.2 Å². The number of amides is 1. The van der Waals surface area contributed by atoms with Gasteiger partial charge in [0.1, 0.15) is 11.5 Å². The number of aromatic hydroxyl groups is 2. The fourth-order valence-corrected chi connectivity index (χ4v) is 2.33. The first-order valence-electron chi connectivity index (χ1n) is 6.81. The van der Waals surface area contributed by atoms with E-state index in [0.29, 0.717) is 21.5 Å². The lowest BCUT2D eigenvalue weighted by Gasteiger charge is -2.11. The minimum atomic E-state index is -0.498. The Hall–Kier alpha value is -2.92. The maximum Gasteiger partial charge on any atom is 0.273 e. The van der Waals surface area contributed by atoms with Crippen LogP contribution in [0.3, 0.4) is 0 Å². The van der Waals surface area contributed by atoms with Crippen LogP contribution in [0.4, 0.5) is 5.69 Å². The van der Waals surface area contributed by atoms with Crippen LogP contribution in [-0.2, 0) is 0 Å². The van der Waals surface area contributed by atoms with E-state index >= 15 is 0 Å². The second-order valence-corrected chi connectivity index (χ2v) is 5.39. The monoisotopic (exact) mass is 328 g/mol. The number of fused-ring (bicyclic) bond motifs is 1. The third-order valence-corrected chi connectivity index (χ3v) is 3.63. The topological polar surface area (TPSA) is 81.6 Å². The fourth-order valence-electron chi connectivity index (χ4n) is 2.21. The normalized spacial score (nSPS) is 10.5. The third kappa shape index (κ3) is 3.14. The van der Waals surface area contributed by atoms with E-state index in [4.69, 9.17) is 11.6 Å². The molecule has 0 unspecified atom stereocenters. The molecule has 0 spiro atoms. The highest BCUT2D eigenvalue weighted by Crippen LogP contribution is 2.30. The van der Waals surface area contributed by atoms with E-state index in [0.717, 1.165) is 0 Å². The van der Waals surface area contributed by atoms with Crippen LogP contribution in [0.25, 0.3) is 10.8 Å². The number of benzene rings is 3. The molecule has 0 fully saturated rings. The van der Waals surface area contributed by atoms with Gasteiger partial charge in [0.05, 0.1) is 11.3 Å². The molecule has 0 bridgehead atoms. The van der Waals surface area contributed by atoms with Crippen molar-refractivity contribution in [1.82, 2.24) is 5.43 Å². The van der Waals surface area contributed by atoms with Gasteiger partial charge in [-0.05, 0) is 47.9 Å². The molecule has 3 rings (SSSR count). The second-order valence-electron chi connectivity index (χ2n) is 4.95. The number of hydrogen-bond donors (Lipinski definition) is 4. The SMILES string of the molecule is O=C(NNc1ccc(Cl)cc1)c1cc2cccc(O)c2cc1O. The van der Waals surface area contributed by atoms with Crippen LogP contribution in [0.2, 0.25) is 5.02 Å². The van der Waals surface area contributed by atoms with E-state index in [-0.39, 0.29) is 17.1 Å². The van der Waals surface area contributed by atoms with Crippen LogP contribution >= 0.6 is 11.6 Å². The molecule has 0 saturated carbocycles. The maximum atomic E-state index is 12.2. The van der Waals surface area contributed by atoms with Crippen molar-refractivity contribution in [2.24, 2.45) is 0 Å². The number of carbonyl (C=O) groups is 1. The molecule has 23 heavy (non-hydrogen) atoms. The zero-order valence-electron chi connectivity index (χ0n) is 11.9. The van der Waals surface area contributed by atoms with E-state index in [1.807, 2.05) is 0 Å². The van der Waals surface area contributed by atoms with Gasteiger partial charge >= 0.3 is 0 Å². The smallest absolute Gasteiger partial charge is 0.273 e. The molecule has 0 atom stereocenters. The van der Waals surface area contributed by atoms with Crippen LogP contribution in [0.15, 0.2) is 54.6 Å². The third-order valence-electron chi connectivity index (χ3n) is 3.38. The number of carbonyl (C=O) groups excluding carboxylic acids is 1. The van der Waals surface area contributed by atoms with Gasteiger partial charge in [-0.25, -0.2) is 0 Å². The number of phenols is 2. The van der Waals surface area contributed by atoms with Crippen molar-refractivity contribution in [3.8, 4) is 11.5 Å². The van der Waals surface area contributed by atoms with E-state index in [9.17, 15) is 15.0 Å². The number of halogens is 1. The molecule has 0 radical (unpaired) electrons. The van der Waals surface area contributed by atoms with Gasteiger partial charge in [0.25, 0.3) is 5.91 Å². The number of anilines is 1. The lowest BCUT2D eigenvalue weighted by Crippen LogP contribution is -2.29. The molecule has 0 aliphatic rings. The first-order valence-corrected chi connectivity index (χ1v) is 7.19. The van der Waals surface area contributed by atoms with Gasteiger partial charge in [-0.2, -0.15) is 0 Å². The molecule has 0 aliphatic carbocycles. The van der Waals surface area contributed by atoms with Crippen molar-refractivity contribution in [1.29, 1.82) is 0 Å². The summed E-state index contributed by atoms with van der Waals surface area (Å²) in [5.41, 5.74) is 5.99. The predicted molar refractivity (Wildman–Crippen MR) is 89.8 cm³/mol. The average Bonchev–Trinajstić information content (AvgIpc) is 2.54. The van der Waals surface area contributed by atoms with Crippen LogP contribution in [0.1, 0.15) is 10.4 Å². The maximum absolute atomic E-state index is 12.2. The lowest BCUT2D eigenvalue weighted by molar-refractivity contribution is 0.0960. The van der Waals surface area contributed by atoms with Crippen molar-refractivity contribution in [2.75, 3.05) is 5.43 Å². The number of nitrogens with one attached hydrogen (secondary N) is 2. The Morgan fingerprint density at radius 3 is 2.43 bits per heavy atom. The summed E-state index contributed by atoms with van der Waals surface area (Å²) in [6.07, 6.45) is 0. The summed E-state index contributed by atoms with van der Waals surface area (Å²) in [7, 11) is 0. The molecule has 3 aromatic rings. The molecule has 6 heteroatoms. The quantitative estimate of drug-likeness (QED) is 0.553. The fraction of sp³-hybridized carbons (Fsp3) is 0. The van der Waals surface area contributed by atoms with Gasteiger partial charge < -0.3 is 10.2 Å². The van der Waals surface area contributed by atoms with Gasteiger partial charge in [-0.1, -0.05) is 23.7 Å². The molecule has 0 heterocycles. The van der Waals surface area contributed by atoms with Gasteiger partial charge in [-0.3, -0.25) is 15.6 Å². The highest BCUT2D eigenvalue weighted by atomic mass is 35.5. The summed E-state index contributed by atoms with van der Waals surface area (Å²) in [4.78, 5) is 12.2. The molecule has 0 saturated heterocycles. The standard InChI is InChI=1S/C17H13ClN2O3/c18-11-4-6-12(7-5-11)19-20-17(23)14-8-10-2-1-3-15(21)13(10)9-16(14)22/h1-9,19,21-22H,(H,20,23). The summed E-state index contributed by atoms with van der Waals surface area (Å²) in [6, 6.07) is 14.6. The highest BCUT2D eigenvalue weighted by molar-refractivity contribution is 6.30. The summed E-state index contributed by atoms with van der Waals surface area (Å²) in [5.74, 6) is -0.666. The first kappa shape index (κ1) is 15.0. The number of phenolic OH excluding ortho intramolecular Hbond substituents is 2. The second kappa shape index (κ2) is 6.06. The van der Waals surface area contributed by atoms with Crippen LogP contribution in [0.5, 0.6) is 11.5 Å². The minimum Gasteiger partial charge on any atom is -0.507 e. The van der Waals surface area contributed by atoms with Crippen LogP contribution in [-0.4, -0.2) is 16.1 Å². The lowest BCUT2D eigenvalue weighted by atomic mass is 10.0. The molecule has 4 N–H and O–H groups in total. The molecular formula is C17H13ClN2O3. The average molecular weight is 329 g/mol. The van der Waals surface area contributed by atoms with Gasteiger partial charge in [0.15, 0.2) is 0 Å². The predicted octanol–water partition coefficient (Wildman–Crippen LogP) is 3.66. The summed E-state index contributed by atoms with van der Waals surface area (Å²) < 4.78 is 0. The zero-order valence-corrected chi connectivity index (χ0v) is 12.6. The van der Waals surface area contributed by atoms with Crippen molar-refractivity contribution < 1.29 is 15.0 Å². The summed E-state index contributed by atoms with van der Waals surface area (Å²) >= 11 is 5.79. The largest absolute Gasteiger partial charge is 0.507 e. The molecule has 5 nitrogen and oxygen atoms in total. The Bertz CT molecular complexity index is 879. The van der Waals surface area contributed by atoms with E-state index in [1.54, 1.807) is 36.4 Å². The van der Waals surface area contributed by atoms with E-state index in [2.05, 4.69) is 10.9 Å². The van der Waals surface area contributed by atoms with Gasteiger partial charge in [0, 0.05) is 10.4 Å². The Kier molecular flexibility index (Phi) is 3.95. The molecule has 0 aliphatic heterocycles. The van der Waals surface area contributed by atoms with E-state index < -0.39 is 5.91 Å². The Morgan fingerprint density at radius 1 is 0.957 bits per heavy atom. The molecule has 116 valence electrons. The van der Waals surface area contributed by atoms with Crippen molar-refractivity contribution in [3.05, 3.63) is 65.2 Å². The van der Waals surface area contributed by atoms with Crippen molar-refractivity contribution in [3.63, 3.8) is 0 Å². The van der Waals surface area contributed by atoms with Crippen molar-refractivity contribution in [2.45, 2.75) is 0 Å². The molecule has 3 aromatic carbocycles. The Balaban J connectivity index is 1.83. The summed E-state index contributed by atoms with van der Waals surface area (Å²) in [6.45, 7) is 0.